The van der Waals surface area contributed by atoms with Crippen molar-refractivity contribution < 1.29 is 0 Å². The molecular weight excluding hydrogens is 230 g/mol. The van der Waals surface area contributed by atoms with Crippen molar-refractivity contribution in [2.24, 2.45) is 10.9 Å². The number of nitrogens with zero attached hydrogens (tertiary/aromatic N) is 2. The van der Waals surface area contributed by atoms with Crippen molar-refractivity contribution in [3.8, 4) is 0 Å². The first-order valence-electron chi connectivity index (χ1n) is 6.15. The molecule has 1 atom stereocenters. The predicted octanol–water partition coefficient (Wildman–Crippen LogP) is 2.99. The van der Waals surface area contributed by atoms with Gasteiger partial charge in [0.1, 0.15) is 0 Å². The molecule has 2 aliphatic rings. The van der Waals surface area contributed by atoms with Gasteiger partial charge in [0.15, 0.2) is 5.17 Å². The van der Waals surface area contributed by atoms with Crippen molar-refractivity contribution in [1.82, 2.24) is 4.98 Å². The van der Waals surface area contributed by atoms with Gasteiger partial charge in [0.05, 0.1) is 17.9 Å². The maximum absolute atomic E-state index is 4.58. The fourth-order valence-corrected chi connectivity index (χ4v) is 3.33. The molecular formula is C13H17N3S. The molecule has 1 aliphatic carbocycles. The minimum Gasteiger partial charge on any atom is -0.333 e. The molecule has 1 fully saturated rings. The summed E-state index contributed by atoms with van der Waals surface area (Å²) in [7, 11) is 0. The zero-order valence-corrected chi connectivity index (χ0v) is 11.0. The molecule has 1 aliphatic heterocycles. The lowest BCUT2D eigenvalue weighted by Crippen LogP contribution is -2.10. The molecule has 1 aromatic rings. The topological polar surface area (TPSA) is 37.3 Å². The van der Waals surface area contributed by atoms with Gasteiger partial charge in [0, 0.05) is 10.9 Å². The Hall–Kier alpha value is -1.03. The van der Waals surface area contributed by atoms with Gasteiger partial charge in [-0.25, -0.2) is 0 Å². The number of nitrogens with one attached hydrogen (secondary N) is 1. The van der Waals surface area contributed by atoms with Crippen LogP contribution in [0.5, 0.6) is 0 Å². The van der Waals surface area contributed by atoms with E-state index in [1.54, 1.807) is 0 Å². The molecule has 0 radical (unpaired) electrons. The normalized spacial score (nSPS) is 23.6. The third-order valence-corrected chi connectivity index (χ3v) is 4.58. The first-order valence-corrected chi connectivity index (χ1v) is 7.03. The number of hydrogen-bond acceptors (Lipinski definition) is 4. The van der Waals surface area contributed by atoms with Crippen LogP contribution < -0.4 is 5.32 Å². The van der Waals surface area contributed by atoms with Crippen LogP contribution in [0.25, 0.3) is 0 Å². The molecule has 0 amide bonds. The molecule has 1 unspecified atom stereocenters. The summed E-state index contributed by atoms with van der Waals surface area (Å²) in [4.78, 5) is 9.03. The van der Waals surface area contributed by atoms with E-state index in [1.807, 2.05) is 31.7 Å². The van der Waals surface area contributed by atoms with Gasteiger partial charge in [-0.1, -0.05) is 11.8 Å². The zero-order chi connectivity index (χ0) is 11.8. The van der Waals surface area contributed by atoms with E-state index >= 15 is 0 Å². The summed E-state index contributed by atoms with van der Waals surface area (Å²) in [6, 6.07) is 4.12. The fourth-order valence-electron chi connectivity index (χ4n) is 2.11. The Bertz CT molecular complexity index is 466. The second-order valence-electron chi connectivity index (χ2n) is 4.85. The Morgan fingerprint density at radius 3 is 2.82 bits per heavy atom. The SMILES string of the molecule is Cc1ccc(NC2=NCC(C3CC3)S2)c(C)n1. The van der Waals surface area contributed by atoms with Crippen LogP contribution in [0.3, 0.4) is 0 Å². The number of aryl methyl sites for hydroxylation is 2. The van der Waals surface area contributed by atoms with Gasteiger partial charge in [-0.05, 0) is 44.7 Å². The van der Waals surface area contributed by atoms with E-state index in [0.29, 0.717) is 0 Å². The summed E-state index contributed by atoms with van der Waals surface area (Å²) in [5.74, 6) is 0.917. The van der Waals surface area contributed by atoms with E-state index in [1.165, 1.54) is 12.8 Å². The molecule has 0 saturated heterocycles. The minimum atomic E-state index is 0.719. The van der Waals surface area contributed by atoms with E-state index in [9.17, 15) is 0 Å². The number of rotatable bonds is 2. The van der Waals surface area contributed by atoms with Crippen LogP contribution >= 0.6 is 11.8 Å². The third kappa shape index (κ3) is 2.46. The molecule has 90 valence electrons. The molecule has 1 saturated carbocycles. The van der Waals surface area contributed by atoms with Gasteiger partial charge in [-0.15, -0.1) is 0 Å². The first-order chi connectivity index (χ1) is 8.22. The van der Waals surface area contributed by atoms with E-state index in [0.717, 1.165) is 40.0 Å². The van der Waals surface area contributed by atoms with Crippen molar-refractivity contribution in [2.45, 2.75) is 31.9 Å². The van der Waals surface area contributed by atoms with E-state index in [-0.39, 0.29) is 0 Å². The molecule has 0 spiro atoms. The number of pyridine rings is 1. The predicted molar refractivity (Wildman–Crippen MR) is 73.7 cm³/mol. The highest BCUT2D eigenvalue weighted by Crippen LogP contribution is 2.42. The Morgan fingerprint density at radius 2 is 2.12 bits per heavy atom. The van der Waals surface area contributed by atoms with Crippen LogP contribution in [0.4, 0.5) is 5.69 Å². The van der Waals surface area contributed by atoms with Crippen molar-refractivity contribution in [2.75, 3.05) is 11.9 Å². The molecule has 1 N–H and O–H groups in total. The lowest BCUT2D eigenvalue weighted by atomic mass is 10.3. The van der Waals surface area contributed by atoms with E-state index < -0.39 is 0 Å². The van der Waals surface area contributed by atoms with Crippen LogP contribution in [-0.2, 0) is 0 Å². The Labute approximate surface area is 106 Å². The molecule has 0 bridgehead atoms. The van der Waals surface area contributed by atoms with Crippen LogP contribution in [0.2, 0.25) is 0 Å². The van der Waals surface area contributed by atoms with Crippen molar-refractivity contribution in [3.63, 3.8) is 0 Å². The van der Waals surface area contributed by atoms with Crippen molar-refractivity contribution >= 4 is 22.6 Å². The number of thioether (sulfide) groups is 1. The lowest BCUT2D eigenvalue weighted by Gasteiger charge is -2.10. The number of aliphatic imine (C=N–C) groups is 1. The second-order valence-corrected chi connectivity index (χ2v) is 6.08. The van der Waals surface area contributed by atoms with Gasteiger partial charge in [0.2, 0.25) is 0 Å². The van der Waals surface area contributed by atoms with Gasteiger partial charge < -0.3 is 5.32 Å². The van der Waals surface area contributed by atoms with Crippen LogP contribution in [0, 0.1) is 19.8 Å². The van der Waals surface area contributed by atoms with Gasteiger partial charge in [0.25, 0.3) is 0 Å². The standard InChI is InChI=1S/C13H17N3S/c1-8-3-6-11(9(2)15-8)16-13-14-7-12(17-13)10-4-5-10/h3,6,10,12H,4-5,7H2,1-2H3,(H,14,16). The highest BCUT2D eigenvalue weighted by atomic mass is 32.2. The molecule has 0 aromatic carbocycles. The number of anilines is 1. The Kier molecular flexibility index (Phi) is 2.82. The average molecular weight is 247 g/mol. The summed E-state index contributed by atoms with van der Waals surface area (Å²) in [5, 5.41) is 5.18. The van der Waals surface area contributed by atoms with Crippen LogP contribution in [0.1, 0.15) is 24.2 Å². The molecule has 2 heterocycles. The van der Waals surface area contributed by atoms with Crippen molar-refractivity contribution in [3.05, 3.63) is 23.5 Å². The largest absolute Gasteiger partial charge is 0.333 e. The highest BCUT2D eigenvalue weighted by molar-refractivity contribution is 8.15. The third-order valence-electron chi connectivity index (χ3n) is 3.29. The summed E-state index contributed by atoms with van der Waals surface area (Å²) >= 11 is 1.90. The fraction of sp³-hybridized carbons (Fsp3) is 0.538. The monoisotopic (exact) mass is 247 g/mol. The Balaban J connectivity index is 1.66. The van der Waals surface area contributed by atoms with Gasteiger partial charge in [-0.3, -0.25) is 9.98 Å². The zero-order valence-electron chi connectivity index (χ0n) is 10.2. The maximum atomic E-state index is 4.58. The smallest absolute Gasteiger partial charge is 0.161 e. The second kappa shape index (κ2) is 4.33. The number of hydrogen-bond donors (Lipinski definition) is 1. The Morgan fingerprint density at radius 1 is 1.29 bits per heavy atom. The van der Waals surface area contributed by atoms with Crippen molar-refractivity contribution in [1.29, 1.82) is 0 Å². The lowest BCUT2D eigenvalue weighted by molar-refractivity contribution is 0.773. The summed E-state index contributed by atoms with van der Waals surface area (Å²) in [6.45, 7) is 5.03. The van der Waals surface area contributed by atoms with Crippen LogP contribution in [0.15, 0.2) is 17.1 Å². The summed E-state index contributed by atoms with van der Waals surface area (Å²) in [6.07, 6.45) is 2.79. The van der Waals surface area contributed by atoms with E-state index in [4.69, 9.17) is 0 Å². The number of aromatic nitrogens is 1. The van der Waals surface area contributed by atoms with Gasteiger partial charge in [-0.2, -0.15) is 0 Å². The first kappa shape index (κ1) is 11.1. The van der Waals surface area contributed by atoms with E-state index in [2.05, 4.69) is 21.4 Å². The quantitative estimate of drug-likeness (QED) is 0.873. The van der Waals surface area contributed by atoms with Gasteiger partial charge >= 0.3 is 0 Å². The molecule has 1 aromatic heterocycles. The maximum Gasteiger partial charge on any atom is 0.161 e. The molecule has 4 heteroatoms. The number of amidine groups is 1. The minimum absolute atomic E-state index is 0.719. The summed E-state index contributed by atoms with van der Waals surface area (Å²) < 4.78 is 0. The average Bonchev–Trinajstić information content (AvgIpc) is 3.04. The molecule has 3 nitrogen and oxygen atoms in total. The molecule has 3 rings (SSSR count). The molecule has 17 heavy (non-hydrogen) atoms. The highest BCUT2D eigenvalue weighted by Gasteiger charge is 2.35. The van der Waals surface area contributed by atoms with Crippen LogP contribution in [-0.4, -0.2) is 21.9 Å². The summed E-state index contributed by atoms with van der Waals surface area (Å²) in [5.41, 5.74) is 3.19.